The standard InChI is InChI=1S/C13H16ClN5/c1-18(13-16-6-11(14)7-17-13)8-10-2-3-12-15-4-5-19(12)9-10/h4-7,10H,2-3,8-9H2,1H3/t10-/m0/s1. The van der Waals surface area contributed by atoms with Gasteiger partial charge in [0.25, 0.3) is 0 Å². The minimum absolute atomic E-state index is 0.567. The van der Waals surface area contributed by atoms with Gasteiger partial charge in [-0.25, -0.2) is 15.0 Å². The van der Waals surface area contributed by atoms with Gasteiger partial charge >= 0.3 is 0 Å². The smallest absolute Gasteiger partial charge is 0.225 e. The van der Waals surface area contributed by atoms with Crippen LogP contribution in [0.25, 0.3) is 0 Å². The van der Waals surface area contributed by atoms with Crippen molar-refractivity contribution in [2.75, 3.05) is 18.5 Å². The van der Waals surface area contributed by atoms with Crippen molar-refractivity contribution in [3.8, 4) is 0 Å². The number of hydrogen-bond donors (Lipinski definition) is 0. The fourth-order valence-corrected chi connectivity index (χ4v) is 2.66. The number of aryl methyl sites for hydroxylation is 1. The molecule has 19 heavy (non-hydrogen) atoms. The highest BCUT2D eigenvalue weighted by atomic mass is 35.5. The van der Waals surface area contributed by atoms with Crippen LogP contribution in [0.4, 0.5) is 5.95 Å². The number of fused-ring (bicyclic) bond motifs is 1. The first kappa shape index (κ1) is 12.4. The highest BCUT2D eigenvalue weighted by Crippen LogP contribution is 2.20. The van der Waals surface area contributed by atoms with Crippen LogP contribution in [0.3, 0.4) is 0 Å². The van der Waals surface area contributed by atoms with E-state index in [1.807, 2.05) is 13.2 Å². The fourth-order valence-electron chi connectivity index (χ4n) is 2.56. The number of anilines is 1. The SMILES string of the molecule is CN(C[C@@H]1CCc2nccn2C1)c1ncc(Cl)cn1. The van der Waals surface area contributed by atoms with Crippen molar-refractivity contribution < 1.29 is 0 Å². The molecule has 0 unspecified atom stereocenters. The first-order chi connectivity index (χ1) is 9.22. The fraction of sp³-hybridized carbons (Fsp3) is 0.462. The van der Waals surface area contributed by atoms with Gasteiger partial charge in [-0.1, -0.05) is 11.6 Å². The Morgan fingerprint density at radius 1 is 1.37 bits per heavy atom. The Balaban J connectivity index is 1.64. The predicted octanol–water partition coefficient (Wildman–Crippen LogP) is 2.03. The van der Waals surface area contributed by atoms with Crippen molar-refractivity contribution in [1.82, 2.24) is 19.5 Å². The number of imidazole rings is 1. The molecule has 6 heteroatoms. The molecule has 0 N–H and O–H groups in total. The van der Waals surface area contributed by atoms with Crippen LogP contribution in [0.5, 0.6) is 0 Å². The Bertz CT molecular complexity index is 550. The van der Waals surface area contributed by atoms with E-state index in [-0.39, 0.29) is 0 Å². The summed E-state index contributed by atoms with van der Waals surface area (Å²) in [5.74, 6) is 2.52. The largest absolute Gasteiger partial charge is 0.344 e. The van der Waals surface area contributed by atoms with Gasteiger partial charge in [-0.3, -0.25) is 0 Å². The number of rotatable bonds is 3. The van der Waals surface area contributed by atoms with E-state index in [1.165, 1.54) is 5.82 Å². The molecule has 1 aliphatic rings. The van der Waals surface area contributed by atoms with E-state index in [0.29, 0.717) is 10.9 Å². The molecule has 3 rings (SSSR count). The maximum atomic E-state index is 5.80. The van der Waals surface area contributed by atoms with Crippen LogP contribution >= 0.6 is 11.6 Å². The monoisotopic (exact) mass is 277 g/mol. The summed E-state index contributed by atoms with van der Waals surface area (Å²) in [6, 6.07) is 0. The van der Waals surface area contributed by atoms with Crippen LogP contribution in [0.15, 0.2) is 24.8 Å². The van der Waals surface area contributed by atoms with Gasteiger partial charge in [0, 0.05) is 39.0 Å². The van der Waals surface area contributed by atoms with Gasteiger partial charge in [0.05, 0.1) is 17.4 Å². The lowest BCUT2D eigenvalue weighted by Gasteiger charge is -2.28. The molecule has 2 aromatic heterocycles. The maximum Gasteiger partial charge on any atom is 0.225 e. The molecule has 1 atom stereocenters. The lowest BCUT2D eigenvalue weighted by Crippen LogP contribution is -2.32. The van der Waals surface area contributed by atoms with E-state index in [4.69, 9.17) is 11.6 Å². The Hall–Kier alpha value is -1.62. The Labute approximate surface area is 117 Å². The number of aromatic nitrogens is 4. The van der Waals surface area contributed by atoms with Gasteiger partial charge in [0.1, 0.15) is 5.82 Å². The molecule has 1 aliphatic heterocycles. The van der Waals surface area contributed by atoms with E-state index < -0.39 is 0 Å². The average Bonchev–Trinajstić information content (AvgIpc) is 2.87. The van der Waals surface area contributed by atoms with E-state index in [1.54, 1.807) is 12.4 Å². The predicted molar refractivity (Wildman–Crippen MR) is 74.4 cm³/mol. The zero-order valence-electron chi connectivity index (χ0n) is 10.8. The van der Waals surface area contributed by atoms with Crippen LogP contribution in [0.1, 0.15) is 12.2 Å². The molecule has 0 aliphatic carbocycles. The molecule has 0 spiro atoms. The molecule has 2 aromatic rings. The van der Waals surface area contributed by atoms with E-state index in [2.05, 4.69) is 30.6 Å². The van der Waals surface area contributed by atoms with Gasteiger partial charge in [-0.15, -0.1) is 0 Å². The molecular formula is C13H16ClN5. The summed E-state index contributed by atoms with van der Waals surface area (Å²) in [6.45, 7) is 1.96. The molecule has 0 saturated heterocycles. The van der Waals surface area contributed by atoms with Gasteiger partial charge < -0.3 is 9.47 Å². The summed E-state index contributed by atoms with van der Waals surface area (Å²) in [5, 5.41) is 0.567. The molecule has 0 saturated carbocycles. The first-order valence-electron chi connectivity index (χ1n) is 6.41. The molecule has 0 bridgehead atoms. The normalized spacial score (nSPS) is 18.1. The van der Waals surface area contributed by atoms with Crippen LogP contribution in [0, 0.1) is 5.92 Å². The molecule has 100 valence electrons. The first-order valence-corrected chi connectivity index (χ1v) is 6.79. The van der Waals surface area contributed by atoms with Gasteiger partial charge in [-0.05, 0) is 12.3 Å². The van der Waals surface area contributed by atoms with Gasteiger partial charge in [0.15, 0.2) is 0 Å². The Kier molecular flexibility index (Phi) is 3.38. The second kappa shape index (κ2) is 5.17. The van der Waals surface area contributed by atoms with Crippen molar-refractivity contribution in [2.45, 2.75) is 19.4 Å². The lowest BCUT2D eigenvalue weighted by atomic mass is 9.99. The number of nitrogens with zero attached hydrogens (tertiary/aromatic N) is 5. The van der Waals surface area contributed by atoms with Crippen LogP contribution in [-0.2, 0) is 13.0 Å². The van der Waals surface area contributed by atoms with E-state index in [0.717, 1.165) is 31.9 Å². The third-order valence-electron chi connectivity index (χ3n) is 3.51. The molecule has 0 radical (unpaired) electrons. The molecular weight excluding hydrogens is 262 g/mol. The third kappa shape index (κ3) is 2.71. The molecule has 3 heterocycles. The van der Waals surface area contributed by atoms with Gasteiger partial charge in [-0.2, -0.15) is 0 Å². The minimum atomic E-state index is 0.567. The van der Waals surface area contributed by atoms with Crippen LogP contribution < -0.4 is 4.90 Å². The van der Waals surface area contributed by atoms with Gasteiger partial charge in [0.2, 0.25) is 5.95 Å². The summed E-state index contributed by atoms with van der Waals surface area (Å²) in [6.07, 6.45) is 9.41. The molecule has 0 amide bonds. The van der Waals surface area contributed by atoms with Crippen molar-refractivity contribution in [2.24, 2.45) is 5.92 Å². The second-order valence-electron chi connectivity index (χ2n) is 4.98. The summed E-state index contributed by atoms with van der Waals surface area (Å²) < 4.78 is 2.24. The average molecular weight is 278 g/mol. The molecule has 0 aromatic carbocycles. The lowest BCUT2D eigenvalue weighted by molar-refractivity contribution is 0.368. The van der Waals surface area contributed by atoms with Crippen LogP contribution in [-0.4, -0.2) is 33.1 Å². The summed E-state index contributed by atoms with van der Waals surface area (Å²) in [7, 11) is 2.02. The number of halogens is 1. The van der Waals surface area contributed by atoms with Crippen LogP contribution in [0.2, 0.25) is 5.02 Å². The van der Waals surface area contributed by atoms with Crippen molar-refractivity contribution >= 4 is 17.5 Å². The molecule has 0 fully saturated rings. The topological polar surface area (TPSA) is 46.8 Å². The van der Waals surface area contributed by atoms with E-state index in [9.17, 15) is 0 Å². The Morgan fingerprint density at radius 2 is 2.16 bits per heavy atom. The zero-order valence-corrected chi connectivity index (χ0v) is 11.6. The zero-order chi connectivity index (χ0) is 13.2. The molecule has 5 nitrogen and oxygen atoms in total. The quantitative estimate of drug-likeness (QED) is 0.861. The minimum Gasteiger partial charge on any atom is -0.344 e. The van der Waals surface area contributed by atoms with Crippen molar-refractivity contribution in [3.05, 3.63) is 35.6 Å². The summed E-state index contributed by atoms with van der Waals surface area (Å²) in [4.78, 5) is 14.9. The second-order valence-corrected chi connectivity index (χ2v) is 5.42. The summed E-state index contributed by atoms with van der Waals surface area (Å²) >= 11 is 5.80. The van der Waals surface area contributed by atoms with Crippen molar-refractivity contribution in [3.63, 3.8) is 0 Å². The Morgan fingerprint density at radius 3 is 2.95 bits per heavy atom. The van der Waals surface area contributed by atoms with Crippen molar-refractivity contribution in [1.29, 1.82) is 0 Å². The third-order valence-corrected chi connectivity index (χ3v) is 3.71. The highest BCUT2D eigenvalue weighted by molar-refractivity contribution is 6.30. The highest BCUT2D eigenvalue weighted by Gasteiger charge is 2.20. The summed E-state index contributed by atoms with van der Waals surface area (Å²) in [5.41, 5.74) is 0. The number of hydrogen-bond acceptors (Lipinski definition) is 4. The maximum absolute atomic E-state index is 5.80. The van der Waals surface area contributed by atoms with E-state index >= 15 is 0 Å².